The van der Waals surface area contributed by atoms with E-state index in [2.05, 4.69) is 5.32 Å². The number of nitro benzene ring substituents is 1. The molecule has 0 atom stereocenters. The van der Waals surface area contributed by atoms with E-state index < -0.39 is 10.8 Å². The van der Waals surface area contributed by atoms with Gasteiger partial charge in [0.1, 0.15) is 17.4 Å². The van der Waals surface area contributed by atoms with E-state index in [1.165, 1.54) is 43.3 Å². The number of rotatable bonds is 5. The van der Waals surface area contributed by atoms with Crippen LogP contribution in [-0.4, -0.2) is 59.8 Å². The second kappa shape index (κ2) is 8.66. The Balaban J connectivity index is 2.14. The van der Waals surface area contributed by atoms with Gasteiger partial charge in [-0.15, -0.1) is 0 Å². The third-order valence-electron chi connectivity index (χ3n) is 4.13. The zero-order chi connectivity index (χ0) is 20.0. The first-order chi connectivity index (χ1) is 12.9. The highest BCUT2D eigenvalue weighted by atomic mass is 16.6. The van der Waals surface area contributed by atoms with Crippen LogP contribution in [0, 0.1) is 21.4 Å². The van der Waals surface area contributed by atoms with Gasteiger partial charge in [0.15, 0.2) is 0 Å². The predicted octanol–water partition coefficient (Wildman–Crippen LogP) is 1.11. The summed E-state index contributed by atoms with van der Waals surface area (Å²) in [7, 11) is 1.40. The molecule has 0 aromatic heterocycles. The molecule has 0 unspecified atom stereocenters. The van der Waals surface area contributed by atoms with E-state index in [0.29, 0.717) is 31.9 Å². The maximum absolute atomic E-state index is 12.5. The molecule has 1 aliphatic heterocycles. The molecule has 0 spiro atoms. The molecule has 0 radical (unpaired) electrons. The zero-order valence-electron chi connectivity index (χ0n) is 15.0. The van der Waals surface area contributed by atoms with Crippen LogP contribution in [0.1, 0.15) is 6.92 Å². The third kappa shape index (κ3) is 4.72. The molecule has 1 N–H and O–H groups in total. The Morgan fingerprint density at radius 2 is 1.93 bits per heavy atom. The lowest BCUT2D eigenvalue weighted by atomic mass is 10.2. The van der Waals surface area contributed by atoms with E-state index in [9.17, 15) is 25.0 Å². The van der Waals surface area contributed by atoms with Gasteiger partial charge in [-0.1, -0.05) is 0 Å². The molecule has 10 heteroatoms. The van der Waals surface area contributed by atoms with Gasteiger partial charge in [0, 0.05) is 51.4 Å². The van der Waals surface area contributed by atoms with Crippen molar-refractivity contribution in [3.8, 4) is 11.8 Å². The predicted molar refractivity (Wildman–Crippen MR) is 95.8 cm³/mol. The Hall–Kier alpha value is -3.61. The number of nitrogens with zero attached hydrogens (tertiary/aromatic N) is 4. The SMILES string of the molecule is COc1ccc([N+](=O)[O-])cc1N/C=C(/C#N)C(=O)N1CCN(C(C)=O)CC1. The van der Waals surface area contributed by atoms with Crippen molar-refractivity contribution in [1.82, 2.24) is 9.80 Å². The standard InChI is InChI=1S/C17H19N5O5/c1-12(23)20-5-7-21(8-6-20)17(24)13(10-18)11-19-15-9-14(22(25)26)3-4-16(15)27-2/h3-4,9,11,19H,5-8H2,1-2H3/b13-11-. The van der Waals surface area contributed by atoms with E-state index in [1.54, 1.807) is 4.90 Å². The van der Waals surface area contributed by atoms with Crippen LogP contribution in [0.4, 0.5) is 11.4 Å². The Morgan fingerprint density at radius 3 is 2.44 bits per heavy atom. The number of ether oxygens (including phenoxy) is 1. The lowest BCUT2D eigenvalue weighted by Gasteiger charge is -2.34. The summed E-state index contributed by atoms with van der Waals surface area (Å²) in [5.74, 6) is -0.202. The summed E-state index contributed by atoms with van der Waals surface area (Å²) in [6.07, 6.45) is 1.20. The van der Waals surface area contributed by atoms with Crippen LogP contribution in [0.2, 0.25) is 0 Å². The number of nitrogens with one attached hydrogen (secondary N) is 1. The van der Waals surface area contributed by atoms with E-state index in [0.717, 1.165) is 0 Å². The monoisotopic (exact) mass is 373 g/mol. The van der Waals surface area contributed by atoms with Gasteiger partial charge < -0.3 is 19.9 Å². The zero-order valence-corrected chi connectivity index (χ0v) is 15.0. The highest BCUT2D eigenvalue weighted by molar-refractivity contribution is 5.97. The average Bonchev–Trinajstić information content (AvgIpc) is 2.68. The molecule has 2 rings (SSSR count). The first kappa shape index (κ1) is 19.7. The van der Waals surface area contributed by atoms with Crippen LogP contribution in [0.15, 0.2) is 30.0 Å². The summed E-state index contributed by atoms with van der Waals surface area (Å²) in [5.41, 5.74) is -0.0506. The van der Waals surface area contributed by atoms with Crippen molar-refractivity contribution in [2.75, 3.05) is 38.6 Å². The largest absolute Gasteiger partial charge is 0.495 e. The van der Waals surface area contributed by atoms with Crippen LogP contribution in [0.5, 0.6) is 5.75 Å². The fourth-order valence-corrected chi connectivity index (χ4v) is 2.61. The summed E-state index contributed by atoms with van der Waals surface area (Å²) in [6.45, 7) is 2.95. The molecule has 1 aromatic carbocycles. The van der Waals surface area contributed by atoms with Crippen molar-refractivity contribution >= 4 is 23.2 Å². The van der Waals surface area contributed by atoms with Gasteiger partial charge in [-0.05, 0) is 6.07 Å². The molecule has 0 bridgehead atoms. The highest BCUT2D eigenvalue weighted by Crippen LogP contribution is 2.29. The summed E-state index contributed by atoms with van der Waals surface area (Å²) in [5, 5.41) is 23.0. The number of carbonyl (C=O) groups excluding carboxylic acids is 2. The molecule has 1 fully saturated rings. The van der Waals surface area contributed by atoms with Gasteiger partial charge in [0.2, 0.25) is 5.91 Å². The molecule has 0 aliphatic carbocycles. The van der Waals surface area contributed by atoms with Gasteiger partial charge in [-0.2, -0.15) is 5.26 Å². The molecule has 1 saturated heterocycles. The van der Waals surface area contributed by atoms with Crippen molar-refractivity contribution in [1.29, 1.82) is 5.26 Å². The van der Waals surface area contributed by atoms with E-state index in [-0.39, 0.29) is 22.9 Å². The lowest BCUT2D eigenvalue weighted by Crippen LogP contribution is -2.50. The summed E-state index contributed by atoms with van der Waals surface area (Å²) >= 11 is 0. The maximum atomic E-state index is 12.5. The number of anilines is 1. The lowest BCUT2D eigenvalue weighted by molar-refractivity contribution is -0.384. The van der Waals surface area contributed by atoms with Gasteiger partial charge in [-0.25, -0.2) is 0 Å². The number of nitro groups is 1. The van der Waals surface area contributed by atoms with Gasteiger partial charge >= 0.3 is 0 Å². The number of benzene rings is 1. The quantitative estimate of drug-likeness (QED) is 0.354. The number of amides is 2. The van der Waals surface area contributed by atoms with E-state index in [1.807, 2.05) is 6.07 Å². The minimum absolute atomic E-state index is 0.0578. The van der Waals surface area contributed by atoms with Gasteiger partial charge in [0.25, 0.3) is 11.6 Å². The highest BCUT2D eigenvalue weighted by Gasteiger charge is 2.24. The first-order valence-corrected chi connectivity index (χ1v) is 8.11. The molecule has 27 heavy (non-hydrogen) atoms. The minimum Gasteiger partial charge on any atom is -0.495 e. The number of hydrogen-bond acceptors (Lipinski definition) is 7. The molecule has 142 valence electrons. The second-order valence-electron chi connectivity index (χ2n) is 5.75. The van der Waals surface area contributed by atoms with Crippen LogP contribution >= 0.6 is 0 Å². The first-order valence-electron chi connectivity index (χ1n) is 8.11. The third-order valence-corrected chi connectivity index (χ3v) is 4.13. The van der Waals surface area contributed by atoms with Crippen molar-refractivity contribution in [2.24, 2.45) is 0 Å². The Labute approximate surface area is 155 Å². The average molecular weight is 373 g/mol. The number of non-ortho nitro benzene ring substituents is 1. The van der Waals surface area contributed by atoms with Gasteiger partial charge in [0.05, 0.1) is 17.7 Å². The Kier molecular flexibility index (Phi) is 6.32. The fraction of sp³-hybridized carbons (Fsp3) is 0.353. The summed E-state index contributed by atoms with van der Waals surface area (Å²) < 4.78 is 5.13. The normalized spacial score (nSPS) is 14.3. The van der Waals surface area contributed by atoms with Crippen molar-refractivity contribution < 1.29 is 19.2 Å². The van der Waals surface area contributed by atoms with Gasteiger partial charge in [-0.3, -0.25) is 19.7 Å². The van der Waals surface area contributed by atoms with Crippen molar-refractivity contribution in [3.63, 3.8) is 0 Å². The van der Waals surface area contributed by atoms with Crippen molar-refractivity contribution in [2.45, 2.75) is 6.92 Å². The molecule has 1 aromatic rings. The number of nitriles is 1. The smallest absolute Gasteiger partial charge is 0.271 e. The van der Waals surface area contributed by atoms with E-state index >= 15 is 0 Å². The topological polar surface area (TPSA) is 129 Å². The molecular weight excluding hydrogens is 354 g/mol. The Morgan fingerprint density at radius 1 is 1.30 bits per heavy atom. The number of carbonyl (C=O) groups is 2. The van der Waals surface area contributed by atoms with Crippen molar-refractivity contribution in [3.05, 3.63) is 40.1 Å². The molecular formula is C17H19N5O5. The van der Waals surface area contributed by atoms with Crippen LogP contribution in [-0.2, 0) is 9.59 Å². The maximum Gasteiger partial charge on any atom is 0.271 e. The van der Waals surface area contributed by atoms with Crippen LogP contribution < -0.4 is 10.1 Å². The summed E-state index contributed by atoms with van der Waals surface area (Å²) in [6, 6.07) is 5.79. The minimum atomic E-state index is -0.556. The second-order valence-corrected chi connectivity index (χ2v) is 5.75. The molecule has 1 aliphatic rings. The molecule has 0 saturated carbocycles. The summed E-state index contributed by atoms with van der Waals surface area (Å²) in [4.78, 5) is 37.3. The van der Waals surface area contributed by atoms with Crippen LogP contribution in [0.3, 0.4) is 0 Å². The Bertz CT molecular complexity index is 821. The molecule has 2 amide bonds. The van der Waals surface area contributed by atoms with Crippen LogP contribution in [0.25, 0.3) is 0 Å². The fourth-order valence-electron chi connectivity index (χ4n) is 2.61. The van der Waals surface area contributed by atoms with E-state index in [4.69, 9.17) is 4.74 Å². The number of piperazine rings is 1. The number of methoxy groups -OCH3 is 1. The molecule has 1 heterocycles. The number of hydrogen-bond donors (Lipinski definition) is 1. The molecule has 10 nitrogen and oxygen atoms in total.